The number of nitrogens with zero attached hydrogens (tertiary/aromatic N) is 1. The topological polar surface area (TPSA) is 76.0 Å². The fraction of sp³-hybridized carbons (Fsp3) is 0.364. The van der Waals surface area contributed by atoms with Gasteiger partial charge in [0, 0.05) is 5.56 Å². The van der Waals surface area contributed by atoms with Gasteiger partial charge in [0.25, 0.3) is 0 Å². The van der Waals surface area contributed by atoms with Crippen molar-refractivity contribution < 1.29 is 31.0 Å². The van der Waals surface area contributed by atoms with E-state index in [1.165, 1.54) is 6.92 Å². The summed E-state index contributed by atoms with van der Waals surface area (Å²) in [6, 6.07) is 3.96. The van der Waals surface area contributed by atoms with Crippen molar-refractivity contribution in [2.75, 3.05) is 5.75 Å². The van der Waals surface area contributed by atoms with Gasteiger partial charge in [0.1, 0.15) is 5.75 Å². The lowest BCUT2D eigenvalue weighted by molar-refractivity contribution is -0.0597. The van der Waals surface area contributed by atoms with Gasteiger partial charge in [-0.3, -0.25) is 4.28 Å². The summed E-state index contributed by atoms with van der Waals surface area (Å²) < 4.78 is 64.8. The highest BCUT2D eigenvalue weighted by molar-refractivity contribution is 7.86. The normalized spacial score (nSPS) is 13.3. The SMILES string of the molecule is CCCS(=O)(=O)ON=C(c1ccc(O)cc1)C(F)(F)F. The van der Waals surface area contributed by atoms with Crippen LogP contribution < -0.4 is 0 Å². The van der Waals surface area contributed by atoms with Gasteiger partial charge in [0.05, 0.1) is 5.75 Å². The zero-order chi connectivity index (χ0) is 15.4. The van der Waals surface area contributed by atoms with Gasteiger partial charge in [0.2, 0.25) is 0 Å². The first-order valence-electron chi connectivity index (χ1n) is 5.51. The second kappa shape index (κ2) is 6.12. The molecule has 0 amide bonds. The molecule has 5 nitrogen and oxygen atoms in total. The molecule has 0 aliphatic carbocycles. The summed E-state index contributed by atoms with van der Waals surface area (Å²) in [4.78, 5) is 0. The highest BCUT2D eigenvalue weighted by Gasteiger charge is 2.38. The summed E-state index contributed by atoms with van der Waals surface area (Å²) >= 11 is 0. The van der Waals surface area contributed by atoms with Crippen LogP contribution in [0.5, 0.6) is 5.75 Å². The zero-order valence-corrected chi connectivity index (χ0v) is 11.2. The Morgan fingerprint density at radius 1 is 1.30 bits per heavy atom. The molecule has 20 heavy (non-hydrogen) atoms. The third-order valence-electron chi connectivity index (χ3n) is 2.11. The van der Waals surface area contributed by atoms with Gasteiger partial charge in [-0.1, -0.05) is 12.1 Å². The second-order valence-corrected chi connectivity index (χ2v) is 5.49. The van der Waals surface area contributed by atoms with Crippen LogP contribution in [0.25, 0.3) is 0 Å². The van der Waals surface area contributed by atoms with Gasteiger partial charge >= 0.3 is 16.3 Å². The minimum Gasteiger partial charge on any atom is -0.508 e. The number of alkyl halides is 3. The van der Waals surface area contributed by atoms with E-state index < -0.39 is 33.3 Å². The summed E-state index contributed by atoms with van der Waals surface area (Å²) in [5.41, 5.74) is -1.90. The number of oxime groups is 1. The maximum atomic E-state index is 12.8. The molecule has 0 fully saturated rings. The molecule has 0 aromatic heterocycles. The highest BCUT2D eigenvalue weighted by atomic mass is 32.2. The molecule has 112 valence electrons. The largest absolute Gasteiger partial charge is 0.508 e. The molecule has 0 saturated carbocycles. The molecule has 0 atom stereocenters. The molecule has 0 unspecified atom stereocenters. The van der Waals surface area contributed by atoms with Gasteiger partial charge in [-0.05, 0) is 30.7 Å². The van der Waals surface area contributed by atoms with Crippen molar-refractivity contribution in [2.45, 2.75) is 19.5 Å². The van der Waals surface area contributed by atoms with Gasteiger partial charge in [-0.25, -0.2) is 0 Å². The van der Waals surface area contributed by atoms with E-state index in [1.807, 2.05) is 0 Å². The quantitative estimate of drug-likeness (QED) is 0.669. The van der Waals surface area contributed by atoms with Crippen molar-refractivity contribution >= 4 is 15.8 Å². The van der Waals surface area contributed by atoms with Crippen molar-refractivity contribution in [3.63, 3.8) is 0 Å². The minimum absolute atomic E-state index is 0.193. The van der Waals surface area contributed by atoms with Crippen LogP contribution in [0.2, 0.25) is 0 Å². The monoisotopic (exact) mass is 311 g/mol. The van der Waals surface area contributed by atoms with Gasteiger partial charge < -0.3 is 5.11 Å². The first-order chi connectivity index (χ1) is 9.15. The lowest BCUT2D eigenvalue weighted by Crippen LogP contribution is -2.25. The van der Waals surface area contributed by atoms with Crippen LogP contribution in [0.3, 0.4) is 0 Å². The fourth-order valence-corrected chi connectivity index (χ4v) is 2.03. The maximum Gasteiger partial charge on any atom is 0.437 e. The molecule has 0 saturated heterocycles. The van der Waals surface area contributed by atoms with Crippen molar-refractivity contribution in [1.29, 1.82) is 0 Å². The van der Waals surface area contributed by atoms with Crippen LogP contribution in [0.15, 0.2) is 29.4 Å². The summed E-state index contributed by atoms with van der Waals surface area (Å²) in [6.45, 7) is 1.54. The Morgan fingerprint density at radius 2 is 1.85 bits per heavy atom. The number of halogens is 3. The predicted molar refractivity (Wildman–Crippen MR) is 65.9 cm³/mol. The number of aromatic hydroxyl groups is 1. The Balaban J connectivity index is 3.11. The average Bonchev–Trinajstić information content (AvgIpc) is 2.29. The molecule has 1 aromatic carbocycles. The fourth-order valence-electron chi connectivity index (χ4n) is 1.27. The number of phenolic OH excluding ortho intramolecular Hbond substituents is 1. The summed E-state index contributed by atoms with van der Waals surface area (Å²) in [5.74, 6) is -0.660. The highest BCUT2D eigenvalue weighted by Crippen LogP contribution is 2.24. The lowest BCUT2D eigenvalue weighted by atomic mass is 10.1. The van der Waals surface area contributed by atoms with Gasteiger partial charge in [-0.2, -0.15) is 21.6 Å². The van der Waals surface area contributed by atoms with Crippen LogP contribution in [0.4, 0.5) is 13.2 Å². The molecule has 0 bridgehead atoms. The smallest absolute Gasteiger partial charge is 0.437 e. The molecule has 0 heterocycles. The number of phenols is 1. The maximum absolute atomic E-state index is 12.8. The molecular formula is C11H12F3NO4S. The lowest BCUT2D eigenvalue weighted by Gasteiger charge is -2.10. The molecule has 0 aliphatic heterocycles. The van der Waals surface area contributed by atoms with Crippen LogP contribution >= 0.6 is 0 Å². The number of rotatable bonds is 5. The van der Waals surface area contributed by atoms with Gasteiger partial charge in [-0.15, -0.1) is 0 Å². The first kappa shape index (κ1) is 16.3. The standard InChI is InChI=1S/C11H12F3NO4S/c1-2-7-20(17,18)19-15-10(11(12,13)14)8-3-5-9(16)6-4-8/h3-6,16H,2,7H2,1H3. The number of hydrogen-bond acceptors (Lipinski definition) is 5. The molecule has 0 spiro atoms. The molecule has 1 aromatic rings. The Hall–Kier alpha value is -1.77. The van der Waals surface area contributed by atoms with Gasteiger partial charge in [0.15, 0.2) is 5.71 Å². The summed E-state index contributed by atoms with van der Waals surface area (Å²) in [5, 5.41) is 11.7. The van der Waals surface area contributed by atoms with Crippen molar-refractivity contribution in [3.8, 4) is 5.75 Å². The van der Waals surface area contributed by atoms with E-state index >= 15 is 0 Å². The average molecular weight is 311 g/mol. The van der Waals surface area contributed by atoms with Crippen LogP contribution in [-0.2, 0) is 14.4 Å². The van der Waals surface area contributed by atoms with E-state index in [2.05, 4.69) is 9.44 Å². The van der Waals surface area contributed by atoms with E-state index in [1.54, 1.807) is 0 Å². The van der Waals surface area contributed by atoms with Crippen LogP contribution in [0, 0.1) is 0 Å². The Morgan fingerprint density at radius 3 is 2.30 bits per heavy atom. The Labute approximate surface area is 113 Å². The molecule has 1 rings (SSSR count). The molecule has 1 N–H and O–H groups in total. The molecular weight excluding hydrogens is 299 g/mol. The molecule has 9 heteroatoms. The van der Waals surface area contributed by atoms with E-state index in [4.69, 9.17) is 5.11 Å². The van der Waals surface area contributed by atoms with Crippen molar-refractivity contribution in [2.24, 2.45) is 5.16 Å². The number of hydrogen-bond donors (Lipinski definition) is 1. The van der Waals surface area contributed by atoms with Crippen molar-refractivity contribution in [1.82, 2.24) is 0 Å². The third-order valence-corrected chi connectivity index (χ3v) is 3.32. The van der Waals surface area contributed by atoms with E-state index in [-0.39, 0.29) is 12.2 Å². The summed E-state index contributed by atoms with van der Waals surface area (Å²) in [7, 11) is -4.14. The predicted octanol–water partition coefficient (Wildman–Crippen LogP) is 2.42. The molecule has 0 radical (unpaired) electrons. The van der Waals surface area contributed by atoms with E-state index in [0.717, 1.165) is 24.3 Å². The van der Waals surface area contributed by atoms with E-state index in [0.29, 0.717) is 0 Å². The Kier molecular flexibility index (Phi) is 4.98. The minimum atomic E-state index is -4.89. The second-order valence-electron chi connectivity index (χ2n) is 3.82. The Bertz CT molecular complexity index is 579. The number of benzene rings is 1. The summed E-state index contributed by atoms with van der Waals surface area (Å²) in [6.07, 6.45) is -4.70. The van der Waals surface area contributed by atoms with Crippen LogP contribution in [0.1, 0.15) is 18.9 Å². The first-order valence-corrected chi connectivity index (χ1v) is 7.09. The zero-order valence-electron chi connectivity index (χ0n) is 10.4. The van der Waals surface area contributed by atoms with Crippen LogP contribution in [-0.4, -0.2) is 31.2 Å². The molecule has 0 aliphatic rings. The van der Waals surface area contributed by atoms with E-state index in [9.17, 15) is 21.6 Å². The van der Waals surface area contributed by atoms with Crippen molar-refractivity contribution in [3.05, 3.63) is 29.8 Å². The third kappa shape index (κ3) is 4.72.